The standard InChI is InChI=1S/C11H16N2O2S/c1-9-10(12)5-4-6-11(9)16(14,15)13-7-2-3-8-13/h4-6H,2-3,7-8,12H2,1H3. The van der Waals surface area contributed by atoms with E-state index in [1.165, 1.54) is 4.31 Å². The highest BCUT2D eigenvalue weighted by molar-refractivity contribution is 7.89. The zero-order valence-corrected chi connectivity index (χ0v) is 10.1. The molecule has 0 unspecified atom stereocenters. The molecule has 5 heteroatoms. The van der Waals surface area contributed by atoms with Gasteiger partial charge in [0.05, 0.1) is 4.90 Å². The van der Waals surface area contributed by atoms with Crippen LogP contribution in [0.3, 0.4) is 0 Å². The lowest BCUT2D eigenvalue weighted by molar-refractivity contribution is 0.477. The Morgan fingerprint density at radius 1 is 1.25 bits per heavy atom. The van der Waals surface area contributed by atoms with Crippen LogP contribution >= 0.6 is 0 Å². The predicted molar refractivity (Wildman–Crippen MR) is 63.6 cm³/mol. The van der Waals surface area contributed by atoms with Crippen molar-refractivity contribution in [3.05, 3.63) is 23.8 Å². The number of nitrogens with zero attached hydrogens (tertiary/aromatic N) is 1. The maximum Gasteiger partial charge on any atom is 0.243 e. The van der Waals surface area contributed by atoms with Crippen molar-refractivity contribution in [3.63, 3.8) is 0 Å². The average molecular weight is 240 g/mol. The van der Waals surface area contributed by atoms with Gasteiger partial charge in [-0.1, -0.05) is 6.07 Å². The summed E-state index contributed by atoms with van der Waals surface area (Å²) in [7, 11) is -3.34. The van der Waals surface area contributed by atoms with Crippen LogP contribution in [-0.2, 0) is 10.0 Å². The Bertz CT molecular complexity index is 491. The Kier molecular flexibility index (Phi) is 2.90. The van der Waals surface area contributed by atoms with Crippen LogP contribution in [0.15, 0.2) is 23.1 Å². The third kappa shape index (κ3) is 1.81. The fraction of sp³-hybridized carbons (Fsp3) is 0.455. The predicted octanol–water partition coefficient (Wildman–Crippen LogP) is 1.36. The Morgan fingerprint density at radius 3 is 2.50 bits per heavy atom. The van der Waals surface area contributed by atoms with E-state index < -0.39 is 10.0 Å². The summed E-state index contributed by atoms with van der Waals surface area (Å²) in [6.07, 6.45) is 1.89. The van der Waals surface area contributed by atoms with Crippen molar-refractivity contribution in [1.29, 1.82) is 0 Å². The zero-order chi connectivity index (χ0) is 11.8. The van der Waals surface area contributed by atoms with Crippen molar-refractivity contribution in [1.82, 2.24) is 4.31 Å². The summed E-state index contributed by atoms with van der Waals surface area (Å²) in [5.74, 6) is 0. The van der Waals surface area contributed by atoms with Gasteiger partial charge in [0, 0.05) is 18.8 Å². The lowest BCUT2D eigenvalue weighted by Gasteiger charge is -2.17. The zero-order valence-electron chi connectivity index (χ0n) is 9.31. The first-order chi connectivity index (χ1) is 7.53. The number of nitrogen functional groups attached to an aromatic ring is 1. The van der Waals surface area contributed by atoms with Gasteiger partial charge in [-0.05, 0) is 37.5 Å². The van der Waals surface area contributed by atoms with E-state index in [4.69, 9.17) is 5.73 Å². The van der Waals surface area contributed by atoms with Gasteiger partial charge in [0.1, 0.15) is 0 Å². The molecule has 16 heavy (non-hydrogen) atoms. The molecule has 4 nitrogen and oxygen atoms in total. The third-order valence-corrected chi connectivity index (χ3v) is 5.05. The minimum Gasteiger partial charge on any atom is -0.398 e. The molecule has 1 aromatic carbocycles. The number of hydrogen-bond acceptors (Lipinski definition) is 3. The van der Waals surface area contributed by atoms with Gasteiger partial charge in [0.2, 0.25) is 10.0 Å². The fourth-order valence-corrected chi connectivity index (χ4v) is 3.75. The van der Waals surface area contributed by atoms with E-state index in [1.54, 1.807) is 25.1 Å². The summed E-state index contributed by atoms with van der Waals surface area (Å²) in [6, 6.07) is 5.03. The van der Waals surface area contributed by atoms with Crippen LogP contribution in [0.5, 0.6) is 0 Å². The highest BCUT2D eigenvalue weighted by atomic mass is 32.2. The first-order valence-electron chi connectivity index (χ1n) is 5.39. The molecule has 0 bridgehead atoms. The summed E-state index contributed by atoms with van der Waals surface area (Å²) in [5, 5.41) is 0. The van der Waals surface area contributed by atoms with Gasteiger partial charge in [-0.25, -0.2) is 8.42 Å². The van der Waals surface area contributed by atoms with E-state index in [0.717, 1.165) is 12.8 Å². The van der Waals surface area contributed by atoms with E-state index in [9.17, 15) is 8.42 Å². The summed E-state index contributed by atoms with van der Waals surface area (Å²) >= 11 is 0. The Morgan fingerprint density at radius 2 is 1.88 bits per heavy atom. The topological polar surface area (TPSA) is 63.4 Å². The van der Waals surface area contributed by atoms with Crippen molar-refractivity contribution in [3.8, 4) is 0 Å². The molecule has 1 aliphatic rings. The number of anilines is 1. The molecule has 0 atom stereocenters. The molecule has 0 aliphatic carbocycles. The highest BCUT2D eigenvalue weighted by Gasteiger charge is 2.28. The summed E-state index contributed by atoms with van der Waals surface area (Å²) in [5.41, 5.74) is 6.91. The molecule has 0 aromatic heterocycles. The number of rotatable bonds is 2. The summed E-state index contributed by atoms with van der Waals surface area (Å²) in [6.45, 7) is 2.99. The summed E-state index contributed by atoms with van der Waals surface area (Å²) < 4.78 is 26.1. The lowest BCUT2D eigenvalue weighted by Crippen LogP contribution is -2.28. The second-order valence-corrected chi connectivity index (χ2v) is 5.99. The molecule has 0 radical (unpaired) electrons. The Balaban J connectivity index is 2.47. The quantitative estimate of drug-likeness (QED) is 0.794. The van der Waals surface area contributed by atoms with E-state index in [0.29, 0.717) is 29.2 Å². The molecule has 1 fully saturated rings. The smallest absolute Gasteiger partial charge is 0.243 e. The third-order valence-electron chi connectivity index (χ3n) is 3.01. The molecular weight excluding hydrogens is 224 g/mol. The van der Waals surface area contributed by atoms with E-state index in [-0.39, 0.29) is 0 Å². The molecule has 0 spiro atoms. The Labute approximate surface area is 96.1 Å². The van der Waals surface area contributed by atoms with Gasteiger partial charge in [-0.15, -0.1) is 0 Å². The molecule has 1 aliphatic heterocycles. The minimum absolute atomic E-state index is 0.342. The van der Waals surface area contributed by atoms with Crippen LogP contribution in [0.2, 0.25) is 0 Å². The van der Waals surface area contributed by atoms with Crippen LogP contribution in [-0.4, -0.2) is 25.8 Å². The van der Waals surface area contributed by atoms with Crippen molar-refractivity contribution in [2.45, 2.75) is 24.7 Å². The first kappa shape index (κ1) is 11.4. The van der Waals surface area contributed by atoms with E-state index >= 15 is 0 Å². The largest absolute Gasteiger partial charge is 0.398 e. The normalized spacial score (nSPS) is 17.8. The van der Waals surface area contributed by atoms with Crippen molar-refractivity contribution in [2.75, 3.05) is 18.8 Å². The molecule has 1 heterocycles. The van der Waals surface area contributed by atoms with Gasteiger partial charge in [0.25, 0.3) is 0 Å². The Hall–Kier alpha value is -1.07. The van der Waals surface area contributed by atoms with Crippen molar-refractivity contribution in [2.24, 2.45) is 0 Å². The van der Waals surface area contributed by atoms with E-state index in [2.05, 4.69) is 0 Å². The van der Waals surface area contributed by atoms with Gasteiger partial charge >= 0.3 is 0 Å². The number of hydrogen-bond donors (Lipinski definition) is 1. The monoisotopic (exact) mass is 240 g/mol. The molecule has 2 rings (SSSR count). The molecule has 1 aromatic rings. The first-order valence-corrected chi connectivity index (χ1v) is 6.83. The van der Waals surface area contributed by atoms with Gasteiger partial charge < -0.3 is 5.73 Å². The molecule has 88 valence electrons. The van der Waals surface area contributed by atoms with Crippen LogP contribution in [0.1, 0.15) is 18.4 Å². The highest BCUT2D eigenvalue weighted by Crippen LogP contribution is 2.26. The van der Waals surface area contributed by atoms with Crippen LogP contribution in [0, 0.1) is 6.92 Å². The maximum atomic E-state index is 12.3. The van der Waals surface area contributed by atoms with Crippen LogP contribution < -0.4 is 5.73 Å². The van der Waals surface area contributed by atoms with Crippen molar-refractivity contribution >= 4 is 15.7 Å². The SMILES string of the molecule is Cc1c(N)cccc1S(=O)(=O)N1CCCC1. The molecule has 0 saturated carbocycles. The second kappa shape index (κ2) is 4.07. The molecule has 0 amide bonds. The fourth-order valence-electron chi connectivity index (χ4n) is 1.98. The second-order valence-electron chi connectivity index (χ2n) is 4.08. The van der Waals surface area contributed by atoms with Crippen molar-refractivity contribution < 1.29 is 8.42 Å². The molecular formula is C11H16N2O2S. The number of nitrogens with two attached hydrogens (primary N) is 1. The summed E-state index contributed by atoms with van der Waals surface area (Å²) in [4.78, 5) is 0.342. The maximum absolute atomic E-state index is 12.3. The van der Waals surface area contributed by atoms with Gasteiger partial charge in [-0.2, -0.15) is 4.31 Å². The number of benzene rings is 1. The van der Waals surface area contributed by atoms with E-state index in [1.807, 2.05) is 0 Å². The van der Waals surface area contributed by atoms with Gasteiger partial charge in [0.15, 0.2) is 0 Å². The van der Waals surface area contributed by atoms with Crippen LogP contribution in [0.25, 0.3) is 0 Å². The minimum atomic E-state index is -3.34. The van der Waals surface area contributed by atoms with Gasteiger partial charge in [-0.3, -0.25) is 0 Å². The lowest BCUT2D eigenvalue weighted by atomic mass is 10.2. The number of sulfonamides is 1. The molecule has 1 saturated heterocycles. The average Bonchev–Trinajstić information content (AvgIpc) is 2.75. The van der Waals surface area contributed by atoms with Crippen LogP contribution in [0.4, 0.5) is 5.69 Å². The molecule has 2 N–H and O–H groups in total.